The topological polar surface area (TPSA) is 70.6 Å². The van der Waals surface area contributed by atoms with Gasteiger partial charge in [-0.25, -0.2) is 9.37 Å². The van der Waals surface area contributed by atoms with Crippen LogP contribution in [0.2, 0.25) is 0 Å². The van der Waals surface area contributed by atoms with E-state index in [-0.39, 0.29) is 24.3 Å². The molecule has 6 rings (SSSR count). The molecule has 3 aromatic rings. The molecule has 3 fully saturated rings. The van der Waals surface area contributed by atoms with E-state index in [0.29, 0.717) is 12.4 Å². The van der Waals surface area contributed by atoms with Crippen molar-refractivity contribution in [3.05, 3.63) is 60.0 Å². The molecule has 3 aliphatic rings. The number of halogens is 1. The molecule has 2 saturated heterocycles. The quantitative estimate of drug-likeness (QED) is 0.586. The highest BCUT2D eigenvalue weighted by molar-refractivity contribution is 5.97. The summed E-state index contributed by atoms with van der Waals surface area (Å²) in [7, 11) is 0. The van der Waals surface area contributed by atoms with Crippen LogP contribution in [0.25, 0.3) is 10.8 Å². The Kier molecular flexibility index (Phi) is 5.88. The van der Waals surface area contributed by atoms with Gasteiger partial charge in [0.05, 0.1) is 18.8 Å². The normalized spacial score (nSPS) is 28.4. The zero-order valence-electron chi connectivity index (χ0n) is 20.8. The molecule has 188 valence electrons. The fourth-order valence-electron chi connectivity index (χ4n) is 5.72. The summed E-state index contributed by atoms with van der Waals surface area (Å²) in [5.74, 6) is 0.696. The summed E-state index contributed by atoms with van der Waals surface area (Å²) in [4.78, 5) is 26.3. The van der Waals surface area contributed by atoms with Gasteiger partial charge in [-0.3, -0.25) is 14.7 Å². The summed E-state index contributed by atoms with van der Waals surface area (Å²) in [5, 5.41) is 5.09. The molecule has 1 amide bonds. The van der Waals surface area contributed by atoms with Crippen LogP contribution in [-0.4, -0.2) is 71.9 Å². The molecule has 2 aromatic heterocycles. The first-order valence-corrected chi connectivity index (χ1v) is 12.8. The van der Waals surface area contributed by atoms with Gasteiger partial charge in [0.1, 0.15) is 12.0 Å². The second-order valence-electron chi connectivity index (χ2n) is 10.6. The number of nitrogens with one attached hydrogen (secondary N) is 1. The van der Waals surface area contributed by atoms with Gasteiger partial charge in [-0.05, 0) is 61.5 Å². The minimum Gasteiger partial charge on any atom is -0.376 e. The maximum absolute atomic E-state index is 14.5. The number of hydrogen-bond acceptors (Lipinski definition) is 6. The van der Waals surface area contributed by atoms with Crippen LogP contribution in [-0.2, 0) is 9.53 Å². The largest absolute Gasteiger partial charge is 0.376 e. The van der Waals surface area contributed by atoms with Crippen molar-refractivity contribution in [3.63, 3.8) is 0 Å². The molecule has 2 aliphatic heterocycles. The number of rotatable bonds is 5. The lowest BCUT2D eigenvalue weighted by atomic mass is 9.96. The third kappa shape index (κ3) is 4.22. The van der Waals surface area contributed by atoms with Crippen molar-refractivity contribution in [1.82, 2.24) is 14.9 Å². The van der Waals surface area contributed by atoms with E-state index in [4.69, 9.17) is 4.74 Å². The average Bonchev–Trinajstić information content (AvgIpc) is 3.63. The van der Waals surface area contributed by atoms with Crippen LogP contribution in [0.1, 0.15) is 30.5 Å². The molecule has 0 bridgehead atoms. The second-order valence-corrected chi connectivity index (χ2v) is 10.6. The molecule has 7 nitrogen and oxygen atoms in total. The Balaban J connectivity index is 1.15. The lowest BCUT2D eigenvalue weighted by Gasteiger charge is -2.45. The van der Waals surface area contributed by atoms with Crippen molar-refractivity contribution >= 4 is 28.2 Å². The fourth-order valence-corrected chi connectivity index (χ4v) is 5.72. The minimum absolute atomic E-state index is 0.00323. The van der Waals surface area contributed by atoms with Crippen LogP contribution in [0.4, 0.5) is 15.9 Å². The van der Waals surface area contributed by atoms with Crippen molar-refractivity contribution in [2.45, 2.75) is 37.9 Å². The third-order valence-electron chi connectivity index (χ3n) is 8.16. The first-order valence-electron chi connectivity index (χ1n) is 12.8. The third-order valence-corrected chi connectivity index (χ3v) is 8.16. The number of pyridine rings is 2. The van der Waals surface area contributed by atoms with Gasteiger partial charge in [0.2, 0.25) is 5.91 Å². The highest BCUT2D eigenvalue weighted by Crippen LogP contribution is 2.47. The molecule has 1 saturated carbocycles. The lowest BCUT2D eigenvalue weighted by molar-refractivity contribution is -0.117. The number of hydrogen-bond donors (Lipinski definition) is 1. The zero-order valence-corrected chi connectivity index (χ0v) is 20.8. The SMILES string of the molecule is Cc1cc2cnc(NC(=O)C3CC3c3ccccn3)cc2cc1N1CCN([C@]2(C)COC[C@@H]2F)CC1. The number of nitrogens with zero attached hydrogens (tertiary/aromatic N) is 4. The van der Waals surface area contributed by atoms with Crippen molar-refractivity contribution < 1.29 is 13.9 Å². The summed E-state index contributed by atoms with van der Waals surface area (Å²) in [6.45, 7) is 8.00. The summed E-state index contributed by atoms with van der Waals surface area (Å²) >= 11 is 0. The van der Waals surface area contributed by atoms with Gasteiger partial charge in [0, 0.05) is 67.2 Å². The Bertz CT molecular complexity index is 1280. The maximum Gasteiger partial charge on any atom is 0.229 e. The molecule has 4 heterocycles. The van der Waals surface area contributed by atoms with Crippen molar-refractivity contribution in [2.75, 3.05) is 49.6 Å². The van der Waals surface area contributed by atoms with E-state index in [0.717, 1.165) is 49.1 Å². The number of carbonyl (C=O) groups is 1. The van der Waals surface area contributed by atoms with E-state index in [1.807, 2.05) is 37.4 Å². The second kappa shape index (κ2) is 9.09. The average molecular weight is 490 g/mol. The van der Waals surface area contributed by atoms with E-state index >= 15 is 0 Å². The first-order chi connectivity index (χ1) is 17.4. The summed E-state index contributed by atoms with van der Waals surface area (Å²) in [5.41, 5.74) is 2.80. The minimum atomic E-state index is -0.942. The number of alkyl halides is 1. The van der Waals surface area contributed by atoms with Crippen LogP contribution in [0, 0.1) is 12.8 Å². The van der Waals surface area contributed by atoms with E-state index in [1.165, 1.54) is 11.3 Å². The molecule has 1 aromatic carbocycles. The van der Waals surface area contributed by atoms with Crippen molar-refractivity contribution in [2.24, 2.45) is 5.92 Å². The number of anilines is 2. The van der Waals surface area contributed by atoms with Crippen LogP contribution in [0.5, 0.6) is 0 Å². The highest BCUT2D eigenvalue weighted by atomic mass is 19.1. The van der Waals surface area contributed by atoms with Crippen molar-refractivity contribution in [3.8, 4) is 0 Å². The van der Waals surface area contributed by atoms with E-state index < -0.39 is 11.7 Å². The van der Waals surface area contributed by atoms with Crippen LogP contribution >= 0.6 is 0 Å². The maximum atomic E-state index is 14.5. The van der Waals surface area contributed by atoms with E-state index in [2.05, 4.69) is 44.1 Å². The van der Waals surface area contributed by atoms with Crippen molar-refractivity contribution in [1.29, 1.82) is 0 Å². The molecule has 2 unspecified atom stereocenters. The number of ether oxygens (including phenoxy) is 1. The van der Waals surface area contributed by atoms with Gasteiger partial charge >= 0.3 is 0 Å². The number of fused-ring (bicyclic) bond motifs is 1. The van der Waals surface area contributed by atoms with Crippen LogP contribution in [0.15, 0.2) is 48.8 Å². The monoisotopic (exact) mass is 489 g/mol. The predicted molar refractivity (Wildman–Crippen MR) is 138 cm³/mol. The number of aromatic nitrogens is 2. The first kappa shape index (κ1) is 23.3. The Hall–Kier alpha value is -3.10. The summed E-state index contributed by atoms with van der Waals surface area (Å²) < 4.78 is 19.9. The number of benzene rings is 1. The number of amides is 1. The van der Waals surface area contributed by atoms with Crippen LogP contribution < -0.4 is 10.2 Å². The lowest BCUT2D eigenvalue weighted by Crippen LogP contribution is -2.59. The molecule has 1 aliphatic carbocycles. The Morgan fingerprint density at radius 3 is 2.69 bits per heavy atom. The highest BCUT2D eigenvalue weighted by Gasteiger charge is 2.46. The summed E-state index contributed by atoms with van der Waals surface area (Å²) in [6.07, 6.45) is 3.47. The van der Waals surface area contributed by atoms with Gasteiger partial charge < -0.3 is 15.0 Å². The molecular weight excluding hydrogens is 457 g/mol. The number of carbonyl (C=O) groups excluding carboxylic acids is 1. The molecule has 1 N–H and O–H groups in total. The van der Waals surface area contributed by atoms with Gasteiger partial charge in [-0.1, -0.05) is 6.07 Å². The Labute approximate surface area is 210 Å². The molecule has 0 radical (unpaired) electrons. The molecule has 8 heteroatoms. The predicted octanol–water partition coefficient (Wildman–Crippen LogP) is 3.93. The summed E-state index contributed by atoms with van der Waals surface area (Å²) in [6, 6.07) is 12.1. The fraction of sp³-hybridized carbons (Fsp3) is 0.464. The standard InChI is InChI=1S/C28H32FN5O2/c1-18-11-20-15-31-26(32-27(35)22-14-21(22)23-5-3-4-6-30-23)13-19(20)12-24(18)33-7-9-34(10-8-33)28(2)17-36-16-25(28)29/h3-6,11-13,15,21-22,25H,7-10,14,16-17H2,1-2H3,(H,31,32,35)/t21?,22?,25-,28+/m0/s1. The zero-order chi connectivity index (χ0) is 24.9. The molecule has 4 atom stereocenters. The number of piperazine rings is 1. The van der Waals surface area contributed by atoms with Crippen LogP contribution in [0.3, 0.4) is 0 Å². The van der Waals surface area contributed by atoms with E-state index in [1.54, 1.807) is 6.20 Å². The van der Waals surface area contributed by atoms with Gasteiger partial charge in [0.15, 0.2) is 0 Å². The smallest absolute Gasteiger partial charge is 0.229 e. The Morgan fingerprint density at radius 1 is 1.14 bits per heavy atom. The molecule has 0 spiro atoms. The van der Waals surface area contributed by atoms with Gasteiger partial charge in [0.25, 0.3) is 0 Å². The Morgan fingerprint density at radius 2 is 1.97 bits per heavy atom. The van der Waals surface area contributed by atoms with Gasteiger partial charge in [-0.15, -0.1) is 0 Å². The molecular formula is C28H32FN5O2. The molecule has 36 heavy (non-hydrogen) atoms. The van der Waals surface area contributed by atoms with E-state index in [9.17, 15) is 9.18 Å². The van der Waals surface area contributed by atoms with Gasteiger partial charge in [-0.2, -0.15) is 0 Å². The number of aryl methyl sites for hydroxylation is 1.